The van der Waals surface area contributed by atoms with Gasteiger partial charge in [0.15, 0.2) is 0 Å². The lowest BCUT2D eigenvalue weighted by Crippen LogP contribution is -2.54. The van der Waals surface area contributed by atoms with Crippen molar-refractivity contribution in [2.45, 2.75) is 51.1 Å². The lowest BCUT2D eigenvalue weighted by atomic mass is 10.0. The molecule has 0 aliphatic carbocycles. The molecule has 3 aromatic rings. The zero-order chi connectivity index (χ0) is 28.6. The van der Waals surface area contributed by atoms with E-state index >= 15 is 0 Å². The Labute approximate surface area is 243 Å². The molecule has 39 heavy (non-hydrogen) atoms. The SMILES string of the molecule is CC(C)(C)NC(=O)[C@H](Cc1ccccc1)N(Cc1ccc(Cl)c(Cl)c1)C(=O)CSCc1ccc([N+](=O)[O-])cc1. The smallest absolute Gasteiger partial charge is 0.269 e. The number of benzene rings is 3. The highest BCUT2D eigenvalue weighted by Gasteiger charge is 2.32. The van der Waals surface area contributed by atoms with Crippen LogP contribution in [-0.2, 0) is 28.3 Å². The van der Waals surface area contributed by atoms with E-state index in [1.54, 1.807) is 35.2 Å². The van der Waals surface area contributed by atoms with E-state index < -0.39 is 16.5 Å². The maximum Gasteiger partial charge on any atom is 0.269 e. The predicted octanol–water partition coefficient (Wildman–Crippen LogP) is 6.69. The largest absolute Gasteiger partial charge is 0.350 e. The van der Waals surface area contributed by atoms with Crippen molar-refractivity contribution in [1.29, 1.82) is 0 Å². The number of amides is 2. The minimum absolute atomic E-state index is 0.0150. The Morgan fingerprint density at radius 1 is 0.949 bits per heavy atom. The van der Waals surface area contributed by atoms with Gasteiger partial charge in [-0.15, -0.1) is 11.8 Å². The molecule has 2 amide bonds. The molecule has 0 saturated carbocycles. The van der Waals surface area contributed by atoms with E-state index in [0.717, 1.165) is 16.7 Å². The Hall–Kier alpha value is -3.07. The van der Waals surface area contributed by atoms with Gasteiger partial charge in [-0.05, 0) is 49.6 Å². The highest BCUT2D eigenvalue weighted by atomic mass is 35.5. The molecule has 0 heterocycles. The number of hydrogen-bond donors (Lipinski definition) is 1. The van der Waals surface area contributed by atoms with Crippen LogP contribution in [0.2, 0.25) is 10.0 Å². The molecular formula is C29H31Cl2N3O4S. The molecule has 10 heteroatoms. The predicted molar refractivity (Wildman–Crippen MR) is 158 cm³/mol. The zero-order valence-electron chi connectivity index (χ0n) is 22.0. The fourth-order valence-electron chi connectivity index (χ4n) is 3.89. The van der Waals surface area contributed by atoms with Crippen LogP contribution in [0.3, 0.4) is 0 Å². The Morgan fingerprint density at radius 2 is 1.59 bits per heavy atom. The summed E-state index contributed by atoms with van der Waals surface area (Å²) in [6.45, 7) is 5.86. The topological polar surface area (TPSA) is 92.6 Å². The molecule has 7 nitrogen and oxygen atoms in total. The van der Waals surface area contributed by atoms with Gasteiger partial charge in [-0.2, -0.15) is 0 Å². The van der Waals surface area contributed by atoms with Gasteiger partial charge in [0.2, 0.25) is 11.8 Å². The first-order valence-electron chi connectivity index (χ1n) is 12.3. The van der Waals surface area contributed by atoms with Gasteiger partial charge in [-0.3, -0.25) is 19.7 Å². The maximum atomic E-state index is 13.7. The van der Waals surface area contributed by atoms with Crippen molar-refractivity contribution in [2.75, 3.05) is 5.75 Å². The highest BCUT2D eigenvalue weighted by Crippen LogP contribution is 2.25. The third-order valence-corrected chi connectivity index (χ3v) is 7.48. The summed E-state index contributed by atoms with van der Waals surface area (Å²) in [6, 6.07) is 20.2. The van der Waals surface area contributed by atoms with Crippen LogP contribution in [0.15, 0.2) is 72.8 Å². The van der Waals surface area contributed by atoms with Gasteiger partial charge in [-0.25, -0.2) is 0 Å². The van der Waals surface area contributed by atoms with Crippen LogP contribution in [0.1, 0.15) is 37.5 Å². The van der Waals surface area contributed by atoms with E-state index in [-0.39, 0.29) is 29.8 Å². The van der Waals surface area contributed by atoms with Crippen molar-refractivity contribution in [3.63, 3.8) is 0 Å². The van der Waals surface area contributed by atoms with Crippen LogP contribution in [0.5, 0.6) is 0 Å². The summed E-state index contributed by atoms with van der Waals surface area (Å²) in [5.74, 6) is 0.145. The van der Waals surface area contributed by atoms with E-state index in [4.69, 9.17) is 23.2 Å². The first kappa shape index (κ1) is 30.5. The van der Waals surface area contributed by atoms with Crippen LogP contribution in [0, 0.1) is 10.1 Å². The van der Waals surface area contributed by atoms with E-state index in [1.807, 2.05) is 51.1 Å². The number of carbonyl (C=O) groups excluding carboxylic acids is 2. The number of hydrogen-bond acceptors (Lipinski definition) is 5. The molecule has 0 fully saturated rings. The molecule has 0 aliphatic heterocycles. The lowest BCUT2D eigenvalue weighted by Gasteiger charge is -2.34. The molecule has 0 spiro atoms. The van der Waals surface area contributed by atoms with Crippen LogP contribution >= 0.6 is 35.0 Å². The lowest BCUT2D eigenvalue weighted by molar-refractivity contribution is -0.384. The van der Waals surface area contributed by atoms with Crippen molar-refractivity contribution >= 4 is 52.5 Å². The quantitative estimate of drug-likeness (QED) is 0.199. The standard InChI is InChI=1S/C29H31Cl2N3O4S/c1-29(2,3)32-28(36)26(16-20-7-5-4-6-8-20)33(17-22-11-14-24(30)25(31)15-22)27(35)19-39-18-21-9-12-23(13-10-21)34(37)38/h4-15,26H,16-19H2,1-3H3,(H,32,36)/t26-/m0/s1. The summed E-state index contributed by atoms with van der Waals surface area (Å²) < 4.78 is 0. The summed E-state index contributed by atoms with van der Waals surface area (Å²) in [7, 11) is 0. The summed E-state index contributed by atoms with van der Waals surface area (Å²) in [6.07, 6.45) is 0.336. The molecule has 0 aliphatic rings. The monoisotopic (exact) mass is 587 g/mol. The number of nitrogens with zero attached hydrogens (tertiary/aromatic N) is 2. The normalized spacial score (nSPS) is 12.0. The van der Waals surface area contributed by atoms with Crippen LogP contribution in [-0.4, -0.2) is 39.0 Å². The van der Waals surface area contributed by atoms with E-state index in [2.05, 4.69) is 5.32 Å². The first-order chi connectivity index (χ1) is 18.4. The second kappa shape index (κ2) is 13.8. The number of rotatable bonds is 11. The van der Waals surface area contributed by atoms with Crippen LogP contribution in [0.4, 0.5) is 5.69 Å². The van der Waals surface area contributed by atoms with Gasteiger partial charge in [0, 0.05) is 36.4 Å². The van der Waals surface area contributed by atoms with Gasteiger partial charge in [0.05, 0.1) is 20.7 Å². The highest BCUT2D eigenvalue weighted by molar-refractivity contribution is 7.99. The van der Waals surface area contributed by atoms with Crippen molar-refractivity contribution in [1.82, 2.24) is 10.2 Å². The van der Waals surface area contributed by atoms with Crippen molar-refractivity contribution in [2.24, 2.45) is 0 Å². The number of carbonyl (C=O) groups is 2. The van der Waals surface area contributed by atoms with Gasteiger partial charge >= 0.3 is 0 Å². The average Bonchev–Trinajstić information content (AvgIpc) is 2.88. The Balaban J connectivity index is 1.86. The molecule has 0 radical (unpaired) electrons. The minimum atomic E-state index is -0.770. The summed E-state index contributed by atoms with van der Waals surface area (Å²) in [5.41, 5.74) is 2.06. The number of thioether (sulfide) groups is 1. The number of halogens is 2. The molecule has 3 aromatic carbocycles. The van der Waals surface area contributed by atoms with Gasteiger partial charge in [-0.1, -0.05) is 71.7 Å². The Bertz CT molecular complexity index is 1300. The second-order valence-electron chi connectivity index (χ2n) is 10.1. The first-order valence-corrected chi connectivity index (χ1v) is 14.2. The Morgan fingerprint density at radius 3 is 2.18 bits per heavy atom. The maximum absolute atomic E-state index is 13.7. The molecule has 3 rings (SSSR count). The zero-order valence-corrected chi connectivity index (χ0v) is 24.4. The number of non-ortho nitro benzene ring substituents is 1. The van der Waals surface area contributed by atoms with Crippen molar-refractivity contribution in [3.05, 3.63) is 110 Å². The molecule has 206 valence electrons. The number of nitro groups is 1. The summed E-state index contributed by atoms with van der Waals surface area (Å²) >= 11 is 13.7. The van der Waals surface area contributed by atoms with Gasteiger partial charge in [0.1, 0.15) is 6.04 Å². The molecule has 0 bridgehead atoms. The van der Waals surface area contributed by atoms with E-state index in [9.17, 15) is 19.7 Å². The second-order valence-corrected chi connectivity index (χ2v) is 11.9. The number of nitrogens with one attached hydrogen (secondary N) is 1. The summed E-state index contributed by atoms with van der Waals surface area (Å²) in [4.78, 5) is 39.4. The molecule has 1 atom stereocenters. The minimum Gasteiger partial charge on any atom is -0.350 e. The van der Waals surface area contributed by atoms with Crippen molar-refractivity contribution < 1.29 is 14.5 Å². The van der Waals surface area contributed by atoms with Crippen LogP contribution in [0.25, 0.3) is 0 Å². The van der Waals surface area contributed by atoms with Crippen molar-refractivity contribution in [3.8, 4) is 0 Å². The van der Waals surface area contributed by atoms with Gasteiger partial charge in [0.25, 0.3) is 5.69 Å². The molecule has 0 aromatic heterocycles. The van der Waals surface area contributed by atoms with E-state index in [1.165, 1.54) is 23.9 Å². The Kier molecular flexibility index (Phi) is 10.8. The fraction of sp³-hybridized carbons (Fsp3) is 0.310. The van der Waals surface area contributed by atoms with E-state index in [0.29, 0.717) is 22.2 Å². The average molecular weight is 589 g/mol. The molecule has 1 N–H and O–H groups in total. The molecular weight excluding hydrogens is 557 g/mol. The third-order valence-electron chi connectivity index (χ3n) is 5.75. The number of nitro benzene ring substituents is 1. The molecule has 0 unspecified atom stereocenters. The van der Waals surface area contributed by atoms with Crippen LogP contribution < -0.4 is 5.32 Å². The molecule has 0 saturated heterocycles. The summed E-state index contributed by atoms with van der Waals surface area (Å²) in [5, 5.41) is 14.7. The third kappa shape index (κ3) is 9.56. The fourth-order valence-corrected chi connectivity index (χ4v) is 5.09. The van der Waals surface area contributed by atoms with Gasteiger partial charge < -0.3 is 10.2 Å².